The van der Waals surface area contributed by atoms with Crippen molar-refractivity contribution in [3.8, 4) is 0 Å². The van der Waals surface area contributed by atoms with Crippen molar-refractivity contribution < 1.29 is 4.39 Å². The summed E-state index contributed by atoms with van der Waals surface area (Å²) in [6, 6.07) is 5.94. The predicted molar refractivity (Wildman–Crippen MR) is 62.5 cm³/mol. The van der Waals surface area contributed by atoms with E-state index in [4.69, 9.17) is 5.84 Å². The zero-order chi connectivity index (χ0) is 12.3. The van der Waals surface area contributed by atoms with Crippen molar-refractivity contribution in [1.82, 2.24) is 14.9 Å². The molecule has 0 unspecified atom stereocenters. The van der Waals surface area contributed by atoms with Crippen LogP contribution in [-0.4, -0.2) is 21.1 Å². The number of nitrogen functional groups attached to an aromatic ring is 1. The van der Waals surface area contributed by atoms with E-state index in [1.165, 1.54) is 23.0 Å². The molecule has 0 radical (unpaired) electrons. The van der Waals surface area contributed by atoms with Gasteiger partial charge in [-0.2, -0.15) is 5.10 Å². The van der Waals surface area contributed by atoms with Crippen molar-refractivity contribution in [2.24, 2.45) is 5.10 Å². The molecule has 1 aromatic carbocycles. The number of aryl methyl sites for hydroxylation is 1. The van der Waals surface area contributed by atoms with Crippen LogP contribution < -0.4 is 11.3 Å². The summed E-state index contributed by atoms with van der Waals surface area (Å²) in [7, 11) is 0. The van der Waals surface area contributed by atoms with E-state index < -0.39 is 0 Å². The van der Waals surface area contributed by atoms with E-state index in [-0.39, 0.29) is 5.82 Å². The first-order chi connectivity index (χ1) is 8.16. The number of nitrogens with one attached hydrogen (secondary N) is 1. The second kappa shape index (κ2) is 4.60. The van der Waals surface area contributed by atoms with Crippen LogP contribution in [0.1, 0.15) is 11.4 Å². The molecule has 0 spiro atoms. The van der Waals surface area contributed by atoms with Crippen LogP contribution in [0.15, 0.2) is 29.4 Å². The van der Waals surface area contributed by atoms with Gasteiger partial charge >= 0.3 is 0 Å². The van der Waals surface area contributed by atoms with Gasteiger partial charge in [0.05, 0.1) is 6.21 Å². The third kappa shape index (κ3) is 2.57. The molecule has 0 atom stereocenters. The Hall–Kier alpha value is -2.44. The van der Waals surface area contributed by atoms with Crippen LogP contribution in [0.4, 0.5) is 10.3 Å². The van der Waals surface area contributed by atoms with Crippen LogP contribution in [-0.2, 0) is 0 Å². The largest absolute Gasteiger partial charge is 0.335 e. The van der Waals surface area contributed by atoms with Gasteiger partial charge in [-0.25, -0.2) is 14.5 Å². The highest BCUT2D eigenvalue weighted by atomic mass is 19.1. The average Bonchev–Trinajstić information content (AvgIpc) is 2.64. The molecule has 7 heteroatoms. The van der Waals surface area contributed by atoms with E-state index in [0.717, 1.165) is 5.56 Å². The number of nitrogens with zero attached hydrogens (tertiary/aromatic N) is 4. The summed E-state index contributed by atoms with van der Waals surface area (Å²) in [6.07, 6.45) is 1.53. The highest BCUT2D eigenvalue weighted by Gasteiger charge is 2.02. The Morgan fingerprint density at radius 3 is 2.65 bits per heavy atom. The Labute approximate surface area is 96.9 Å². The minimum atomic E-state index is -0.285. The number of hydrogen-bond donors (Lipinski definition) is 2. The monoisotopic (exact) mass is 234 g/mol. The molecule has 0 saturated heterocycles. The van der Waals surface area contributed by atoms with E-state index >= 15 is 0 Å². The first kappa shape index (κ1) is 11.1. The molecular formula is C10H11FN6. The van der Waals surface area contributed by atoms with Gasteiger partial charge in [0, 0.05) is 0 Å². The van der Waals surface area contributed by atoms with Crippen molar-refractivity contribution >= 4 is 12.2 Å². The smallest absolute Gasteiger partial charge is 0.263 e. The number of aromatic nitrogens is 3. The van der Waals surface area contributed by atoms with Crippen molar-refractivity contribution in [1.29, 1.82) is 0 Å². The molecule has 0 fully saturated rings. The van der Waals surface area contributed by atoms with E-state index in [9.17, 15) is 4.39 Å². The van der Waals surface area contributed by atoms with Crippen molar-refractivity contribution in [3.05, 3.63) is 41.5 Å². The van der Waals surface area contributed by atoms with E-state index in [2.05, 4.69) is 20.7 Å². The summed E-state index contributed by atoms with van der Waals surface area (Å²) >= 11 is 0. The van der Waals surface area contributed by atoms with Gasteiger partial charge in [-0.05, 0) is 24.6 Å². The topological polar surface area (TPSA) is 81.1 Å². The first-order valence-electron chi connectivity index (χ1n) is 4.88. The van der Waals surface area contributed by atoms with E-state index in [0.29, 0.717) is 11.8 Å². The van der Waals surface area contributed by atoms with Gasteiger partial charge < -0.3 is 5.84 Å². The van der Waals surface area contributed by atoms with Crippen LogP contribution in [0.2, 0.25) is 0 Å². The van der Waals surface area contributed by atoms with Crippen LogP contribution in [0.3, 0.4) is 0 Å². The molecule has 2 rings (SSSR count). The fraction of sp³-hybridized carbons (Fsp3) is 0.100. The molecule has 1 heterocycles. The minimum Gasteiger partial charge on any atom is -0.335 e. The SMILES string of the molecule is Cc1nnc(NN=Cc2ccc(F)cc2)n1N. The number of benzene rings is 1. The average molecular weight is 234 g/mol. The molecular weight excluding hydrogens is 223 g/mol. The summed E-state index contributed by atoms with van der Waals surface area (Å²) in [6.45, 7) is 1.72. The normalized spacial score (nSPS) is 10.9. The van der Waals surface area contributed by atoms with Gasteiger partial charge in [0.2, 0.25) is 0 Å². The number of nitrogens with two attached hydrogens (primary N) is 1. The maximum atomic E-state index is 12.6. The molecule has 1 aromatic heterocycles. The molecule has 0 amide bonds. The number of halogens is 1. The number of hydrogen-bond acceptors (Lipinski definition) is 5. The van der Waals surface area contributed by atoms with Gasteiger partial charge in [-0.1, -0.05) is 12.1 Å². The van der Waals surface area contributed by atoms with Crippen molar-refractivity contribution in [3.63, 3.8) is 0 Å². The van der Waals surface area contributed by atoms with Crippen LogP contribution in [0.25, 0.3) is 0 Å². The number of rotatable bonds is 3. The van der Waals surface area contributed by atoms with E-state index in [1.54, 1.807) is 19.1 Å². The lowest BCUT2D eigenvalue weighted by molar-refractivity contribution is 0.628. The van der Waals surface area contributed by atoms with Crippen LogP contribution in [0, 0.1) is 12.7 Å². The lowest BCUT2D eigenvalue weighted by Crippen LogP contribution is -2.13. The predicted octanol–water partition coefficient (Wildman–Crippen LogP) is 0.885. The maximum absolute atomic E-state index is 12.6. The molecule has 88 valence electrons. The second-order valence-corrected chi connectivity index (χ2v) is 3.36. The van der Waals surface area contributed by atoms with Gasteiger partial charge in [0.1, 0.15) is 5.82 Å². The lowest BCUT2D eigenvalue weighted by Gasteiger charge is -1.99. The van der Waals surface area contributed by atoms with Crippen molar-refractivity contribution in [2.75, 3.05) is 11.3 Å². The molecule has 3 N–H and O–H groups in total. The Morgan fingerprint density at radius 2 is 2.06 bits per heavy atom. The highest BCUT2D eigenvalue weighted by molar-refractivity contribution is 5.79. The summed E-state index contributed by atoms with van der Waals surface area (Å²) in [5, 5.41) is 11.4. The number of anilines is 1. The molecule has 6 nitrogen and oxygen atoms in total. The fourth-order valence-corrected chi connectivity index (χ4v) is 1.16. The van der Waals surface area contributed by atoms with Gasteiger partial charge in [-0.15, -0.1) is 10.2 Å². The zero-order valence-corrected chi connectivity index (χ0v) is 9.13. The summed E-state index contributed by atoms with van der Waals surface area (Å²) in [4.78, 5) is 0. The van der Waals surface area contributed by atoms with Gasteiger partial charge in [-0.3, -0.25) is 0 Å². The quantitative estimate of drug-likeness (QED) is 0.469. The molecule has 0 bridgehead atoms. The second-order valence-electron chi connectivity index (χ2n) is 3.36. The Morgan fingerprint density at radius 1 is 1.35 bits per heavy atom. The fourth-order valence-electron chi connectivity index (χ4n) is 1.16. The Kier molecular flexibility index (Phi) is 2.99. The Balaban J connectivity index is 2.03. The highest BCUT2D eigenvalue weighted by Crippen LogP contribution is 2.02. The molecule has 17 heavy (non-hydrogen) atoms. The summed E-state index contributed by atoms with van der Waals surface area (Å²) < 4.78 is 13.9. The van der Waals surface area contributed by atoms with Crippen molar-refractivity contribution in [2.45, 2.75) is 6.92 Å². The zero-order valence-electron chi connectivity index (χ0n) is 9.13. The van der Waals surface area contributed by atoms with E-state index in [1.807, 2.05) is 0 Å². The molecule has 2 aromatic rings. The third-order valence-corrected chi connectivity index (χ3v) is 2.11. The number of hydrazone groups is 1. The van der Waals surface area contributed by atoms with Gasteiger partial charge in [0.15, 0.2) is 5.82 Å². The first-order valence-corrected chi connectivity index (χ1v) is 4.88. The molecule has 0 saturated carbocycles. The Bertz CT molecular complexity index is 530. The minimum absolute atomic E-state index is 0.285. The third-order valence-electron chi connectivity index (χ3n) is 2.11. The molecule has 0 aliphatic rings. The molecule has 0 aliphatic heterocycles. The standard InChI is InChI=1S/C10H11FN6/c1-7-14-16-10(17(7)12)15-13-6-8-2-4-9(11)5-3-8/h2-6H,12H2,1H3,(H,15,16). The summed E-state index contributed by atoms with van der Waals surface area (Å²) in [5.74, 6) is 6.23. The van der Waals surface area contributed by atoms with Gasteiger partial charge in [0.25, 0.3) is 5.95 Å². The lowest BCUT2D eigenvalue weighted by atomic mass is 10.2. The molecule has 0 aliphatic carbocycles. The van der Waals surface area contributed by atoms with Crippen LogP contribution >= 0.6 is 0 Å². The van der Waals surface area contributed by atoms with Crippen LogP contribution in [0.5, 0.6) is 0 Å². The maximum Gasteiger partial charge on any atom is 0.263 e. The summed E-state index contributed by atoms with van der Waals surface area (Å²) in [5.41, 5.74) is 3.40.